The number of carbonyl (C=O) groups excluding carboxylic acids is 2. The number of sulfonamides is 1. The largest absolute Gasteiger partial charge is 0.361 e. The van der Waals surface area contributed by atoms with Crippen molar-refractivity contribution in [3.05, 3.63) is 52.3 Å². The number of para-hydroxylation sites is 1. The summed E-state index contributed by atoms with van der Waals surface area (Å²) in [7, 11) is -3.71. The van der Waals surface area contributed by atoms with E-state index in [1.54, 1.807) is 11.6 Å². The highest BCUT2D eigenvalue weighted by molar-refractivity contribution is 7.89. The molecule has 3 aromatic rings. The molecule has 0 saturated carbocycles. The van der Waals surface area contributed by atoms with Gasteiger partial charge in [-0.2, -0.15) is 4.31 Å². The molecule has 0 aliphatic carbocycles. The number of amides is 2. The van der Waals surface area contributed by atoms with Crippen LogP contribution >= 0.6 is 11.3 Å². The summed E-state index contributed by atoms with van der Waals surface area (Å²) in [6.45, 7) is 0.918. The lowest BCUT2D eigenvalue weighted by atomic mass is 10.1. The van der Waals surface area contributed by atoms with E-state index >= 15 is 0 Å². The van der Waals surface area contributed by atoms with Crippen molar-refractivity contribution in [1.82, 2.24) is 20.1 Å². The summed E-state index contributed by atoms with van der Waals surface area (Å²) in [5.74, 6) is -1.05. The number of hydrogen-bond donors (Lipinski definition) is 3. The Labute approximate surface area is 171 Å². The van der Waals surface area contributed by atoms with Crippen LogP contribution in [0, 0.1) is 0 Å². The molecule has 1 aromatic carbocycles. The van der Waals surface area contributed by atoms with Gasteiger partial charge in [-0.1, -0.05) is 18.2 Å². The fourth-order valence-corrected chi connectivity index (χ4v) is 6.22. The number of thiophene rings is 1. The minimum absolute atomic E-state index is 0.0206. The minimum Gasteiger partial charge on any atom is -0.361 e. The fourth-order valence-electron chi connectivity index (χ4n) is 3.41. The number of nitrogens with one attached hydrogen (secondary N) is 3. The zero-order chi connectivity index (χ0) is 20.4. The van der Waals surface area contributed by atoms with Gasteiger partial charge in [0.1, 0.15) is 9.77 Å². The molecule has 0 atom stereocenters. The van der Waals surface area contributed by atoms with Crippen molar-refractivity contribution >= 4 is 44.1 Å². The van der Waals surface area contributed by atoms with Crippen LogP contribution in [0.5, 0.6) is 0 Å². The Morgan fingerprint density at radius 2 is 1.86 bits per heavy atom. The van der Waals surface area contributed by atoms with Gasteiger partial charge >= 0.3 is 0 Å². The molecule has 152 valence electrons. The lowest BCUT2D eigenvalue weighted by Crippen LogP contribution is -2.42. The zero-order valence-electron chi connectivity index (χ0n) is 15.5. The van der Waals surface area contributed by atoms with Crippen LogP contribution in [0.3, 0.4) is 0 Å². The third-order valence-corrected chi connectivity index (χ3v) is 7.84. The number of hydrogen-bond acceptors (Lipinski definition) is 5. The van der Waals surface area contributed by atoms with Crippen molar-refractivity contribution in [3.63, 3.8) is 0 Å². The van der Waals surface area contributed by atoms with Crippen LogP contribution < -0.4 is 10.9 Å². The van der Waals surface area contributed by atoms with E-state index in [2.05, 4.69) is 15.8 Å². The molecule has 4 rings (SSSR count). The first kappa shape index (κ1) is 19.6. The predicted molar refractivity (Wildman–Crippen MR) is 110 cm³/mol. The molecule has 2 aromatic heterocycles. The van der Waals surface area contributed by atoms with Crippen molar-refractivity contribution < 1.29 is 18.0 Å². The third kappa shape index (κ3) is 3.91. The molecular formula is C19H20N4O4S2. The lowest BCUT2D eigenvalue weighted by Gasteiger charge is -2.15. The second-order valence-electron chi connectivity index (χ2n) is 6.76. The van der Waals surface area contributed by atoms with Crippen molar-refractivity contribution in [3.8, 4) is 0 Å². The number of carbonyl (C=O) groups is 2. The van der Waals surface area contributed by atoms with Gasteiger partial charge in [-0.3, -0.25) is 20.4 Å². The van der Waals surface area contributed by atoms with Crippen molar-refractivity contribution in [1.29, 1.82) is 0 Å². The molecule has 1 aliphatic heterocycles. The average molecular weight is 433 g/mol. The summed E-state index contributed by atoms with van der Waals surface area (Å²) in [6.07, 6.45) is 3.46. The maximum atomic E-state index is 12.8. The minimum atomic E-state index is -3.71. The number of hydrazine groups is 1. The van der Waals surface area contributed by atoms with Crippen molar-refractivity contribution in [2.24, 2.45) is 0 Å². The van der Waals surface area contributed by atoms with Crippen LogP contribution in [0.15, 0.2) is 46.8 Å². The van der Waals surface area contributed by atoms with E-state index in [0.29, 0.717) is 13.1 Å². The summed E-state index contributed by atoms with van der Waals surface area (Å²) < 4.78 is 26.9. The smallest absolute Gasteiger partial charge is 0.281 e. The molecule has 0 unspecified atom stereocenters. The summed E-state index contributed by atoms with van der Waals surface area (Å²) in [5, 5.41) is 2.50. The number of rotatable bonds is 5. The summed E-state index contributed by atoms with van der Waals surface area (Å²) >= 11 is 1.03. The first-order valence-electron chi connectivity index (χ1n) is 9.18. The predicted octanol–water partition coefficient (Wildman–Crippen LogP) is 2.02. The highest BCUT2D eigenvalue weighted by Crippen LogP contribution is 2.27. The topological polar surface area (TPSA) is 111 Å². The quantitative estimate of drug-likeness (QED) is 0.536. The van der Waals surface area contributed by atoms with E-state index in [9.17, 15) is 18.0 Å². The standard InChI is InChI=1S/C19H20N4O4S2/c24-17(11-13-12-20-15-6-2-1-5-14(13)15)21-22-19(25)18-16(7-10-28-18)29(26,27)23-8-3-4-9-23/h1-2,5-7,10,12,20H,3-4,8-9,11H2,(H,21,24)(H,22,25). The average Bonchev–Trinajstić information content (AvgIpc) is 3.46. The van der Waals surface area contributed by atoms with Gasteiger partial charge < -0.3 is 4.98 Å². The van der Waals surface area contributed by atoms with Gasteiger partial charge in [0.05, 0.1) is 6.42 Å². The van der Waals surface area contributed by atoms with E-state index in [0.717, 1.165) is 40.6 Å². The van der Waals surface area contributed by atoms with Gasteiger partial charge in [0, 0.05) is 30.2 Å². The Bertz CT molecular complexity index is 1160. The molecule has 1 fully saturated rings. The first-order chi connectivity index (χ1) is 14.0. The number of aromatic nitrogens is 1. The second-order valence-corrected chi connectivity index (χ2v) is 9.59. The number of nitrogens with zero attached hydrogens (tertiary/aromatic N) is 1. The molecule has 29 heavy (non-hydrogen) atoms. The van der Waals surface area contributed by atoms with Crippen LogP contribution in [0.4, 0.5) is 0 Å². The maximum Gasteiger partial charge on any atom is 0.281 e. The molecule has 3 N–H and O–H groups in total. The van der Waals surface area contributed by atoms with Crippen LogP contribution in [0.25, 0.3) is 10.9 Å². The Morgan fingerprint density at radius 1 is 1.10 bits per heavy atom. The normalized spacial score (nSPS) is 14.9. The molecule has 2 amide bonds. The summed E-state index contributed by atoms with van der Waals surface area (Å²) in [5.41, 5.74) is 6.43. The van der Waals surface area contributed by atoms with Gasteiger partial charge in [-0.05, 0) is 35.9 Å². The van der Waals surface area contributed by atoms with E-state index in [1.165, 1.54) is 10.4 Å². The SMILES string of the molecule is O=C(Cc1c[nH]c2ccccc12)NNC(=O)c1sccc1S(=O)(=O)N1CCCC1. The van der Waals surface area contributed by atoms with Gasteiger partial charge in [-0.15, -0.1) is 11.3 Å². The number of H-pyrrole nitrogens is 1. The van der Waals surface area contributed by atoms with E-state index in [4.69, 9.17) is 0 Å². The molecule has 0 bridgehead atoms. The van der Waals surface area contributed by atoms with Crippen LogP contribution in [-0.2, 0) is 21.2 Å². The van der Waals surface area contributed by atoms with E-state index < -0.39 is 21.8 Å². The molecule has 8 nitrogen and oxygen atoms in total. The monoisotopic (exact) mass is 432 g/mol. The molecule has 0 spiro atoms. The lowest BCUT2D eigenvalue weighted by molar-refractivity contribution is -0.121. The summed E-state index contributed by atoms with van der Waals surface area (Å²) in [4.78, 5) is 27.9. The first-order valence-corrected chi connectivity index (χ1v) is 11.5. The molecule has 10 heteroatoms. The van der Waals surface area contributed by atoms with Crippen LogP contribution in [-0.4, -0.2) is 42.6 Å². The van der Waals surface area contributed by atoms with Gasteiger partial charge in [-0.25, -0.2) is 8.42 Å². The van der Waals surface area contributed by atoms with E-state index in [1.807, 2.05) is 24.3 Å². The highest BCUT2D eigenvalue weighted by atomic mass is 32.2. The van der Waals surface area contributed by atoms with Gasteiger partial charge in [0.2, 0.25) is 15.9 Å². The number of aromatic amines is 1. The maximum absolute atomic E-state index is 12.8. The Hall–Kier alpha value is -2.69. The van der Waals surface area contributed by atoms with Gasteiger partial charge in [0.15, 0.2) is 0 Å². The molecule has 1 saturated heterocycles. The summed E-state index contributed by atoms with van der Waals surface area (Å²) in [6, 6.07) is 9.04. The fraction of sp³-hybridized carbons (Fsp3) is 0.263. The molecular weight excluding hydrogens is 412 g/mol. The molecule has 1 aliphatic rings. The van der Waals surface area contributed by atoms with Crippen LogP contribution in [0.1, 0.15) is 28.1 Å². The van der Waals surface area contributed by atoms with E-state index in [-0.39, 0.29) is 16.2 Å². The van der Waals surface area contributed by atoms with Gasteiger partial charge in [0.25, 0.3) is 5.91 Å². The Morgan fingerprint density at radius 3 is 2.66 bits per heavy atom. The zero-order valence-corrected chi connectivity index (χ0v) is 17.1. The number of fused-ring (bicyclic) bond motifs is 1. The third-order valence-electron chi connectivity index (χ3n) is 4.86. The van der Waals surface area contributed by atoms with Crippen LogP contribution in [0.2, 0.25) is 0 Å². The molecule has 0 radical (unpaired) electrons. The Balaban J connectivity index is 1.41. The number of benzene rings is 1. The highest BCUT2D eigenvalue weighted by Gasteiger charge is 2.31. The second kappa shape index (κ2) is 7.97. The van der Waals surface area contributed by atoms with Crippen molar-refractivity contribution in [2.75, 3.05) is 13.1 Å². The Kier molecular flexibility index (Phi) is 5.39. The van der Waals surface area contributed by atoms with Crippen molar-refractivity contribution in [2.45, 2.75) is 24.2 Å². The molecule has 3 heterocycles.